The van der Waals surface area contributed by atoms with Gasteiger partial charge in [-0.05, 0) is 218 Å². The van der Waals surface area contributed by atoms with E-state index in [1.807, 2.05) is 0 Å². The Hall–Kier alpha value is -3.62. The minimum atomic E-state index is 1.11. The molecule has 0 fully saturated rings. The van der Waals surface area contributed by atoms with Crippen molar-refractivity contribution in [3.63, 3.8) is 0 Å². The van der Waals surface area contributed by atoms with Gasteiger partial charge in [0.15, 0.2) is 0 Å². The van der Waals surface area contributed by atoms with Crippen LogP contribution in [0.2, 0.25) is 0 Å². The fourth-order valence-electron chi connectivity index (χ4n) is 9.57. The number of fused-ring (bicyclic) bond motifs is 4. The van der Waals surface area contributed by atoms with Crippen LogP contribution in [-0.2, 0) is 51.4 Å². The molecule has 0 unspecified atom stereocenters. The molecule has 2 heteroatoms. The lowest BCUT2D eigenvalue weighted by Crippen LogP contribution is -2.13. The highest BCUT2D eigenvalue weighted by Gasteiger charge is 2.25. The molecule has 5 aromatic rings. The first kappa shape index (κ1) is 30.4. The van der Waals surface area contributed by atoms with E-state index in [1.165, 1.54) is 131 Å². The van der Waals surface area contributed by atoms with Crippen LogP contribution in [0.15, 0.2) is 89.4 Å². The van der Waals surface area contributed by atoms with Crippen LogP contribution in [0.5, 0.6) is 0 Å². The molecule has 0 saturated carbocycles. The van der Waals surface area contributed by atoms with E-state index < -0.39 is 0 Å². The number of rotatable bonds is 5. The topological polar surface area (TPSA) is 3.24 Å². The molecule has 0 spiro atoms. The van der Waals surface area contributed by atoms with Gasteiger partial charge in [-0.3, -0.25) is 0 Å². The quantitative estimate of drug-likeness (QED) is 0.177. The van der Waals surface area contributed by atoms with Gasteiger partial charge >= 0.3 is 0 Å². The second kappa shape index (κ2) is 13.0. The molecule has 48 heavy (non-hydrogen) atoms. The summed E-state index contributed by atoms with van der Waals surface area (Å²) < 4.78 is 1.11. The molecule has 9 rings (SSSR count). The van der Waals surface area contributed by atoms with Crippen molar-refractivity contribution >= 4 is 33.0 Å². The van der Waals surface area contributed by atoms with Gasteiger partial charge in [0.1, 0.15) is 0 Å². The van der Waals surface area contributed by atoms with Crippen molar-refractivity contribution in [1.82, 2.24) is 0 Å². The van der Waals surface area contributed by atoms with Crippen molar-refractivity contribution in [3.8, 4) is 22.3 Å². The first-order chi connectivity index (χ1) is 23.7. The molecule has 0 heterocycles. The van der Waals surface area contributed by atoms with Gasteiger partial charge in [0.25, 0.3) is 0 Å². The molecule has 1 nitrogen and oxygen atoms in total. The maximum absolute atomic E-state index is 3.68. The van der Waals surface area contributed by atoms with E-state index in [1.54, 1.807) is 55.6 Å². The zero-order valence-electron chi connectivity index (χ0n) is 28.2. The molecular weight excluding hydrogens is 646 g/mol. The van der Waals surface area contributed by atoms with E-state index in [0.29, 0.717) is 0 Å². The molecule has 5 aromatic carbocycles. The fraction of sp³-hybridized carbons (Fsp3) is 0.348. The number of hydrogen-bond donors (Lipinski definition) is 0. The summed E-state index contributed by atoms with van der Waals surface area (Å²) >= 11 is 3.68. The van der Waals surface area contributed by atoms with E-state index in [4.69, 9.17) is 0 Å². The Morgan fingerprint density at radius 1 is 0.354 bits per heavy atom. The van der Waals surface area contributed by atoms with Crippen LogP contribution >= 0.6 is 15.9 Å². The van der Waals surface area contributed by atoms with E-state index in [9.17, 15) is 0 Å². The van der Waals surface area contributed by atoms with Crippen LogP contribution in [0.3, 0.4) is 0 Å². The van der Waals surface area contributed by atoms with E-state index in [0.717, 1.165) is 4.47 Å². The van der Waals surface area contributed by atoms with Crippen molar-refractivity contribution in [2.75, 3.05) is 4.90 Å². The van der Waals surface area contributed by atoms with Crippen LogP contribution in [0, 0.1) is 0 Å². The number of halogens is 1. The van der Waals surface area contributed by atoms with Crippen LogP contribution in [-0.4, -0.2) is 0 Å². The molecule has 0 radical (unpaired) electrons. The predicted molar refractivity (Wildman–Crippen MR) is 206 cm³/mol. The van der Waals surface area contributed by atoms with Crippen molar-refractivity contribution < 1.29 is 0 Å². The number of aryl methyl sites for hydroxylation is 4. The lowest BCUT2D eigenvalue weighted by molar-refractivity contribution is 0.660. The first-order valence-electron chi connectivity index (χ1n) is 18.8. The Morgan fingerprint density at radius 3 is 0.979 bits per heavy atom. The van der Waals surface area contributed by atoms with E-state index in [-0.39, 0.29) is 0 Å². The van der Waals surface area contributed by atoms with Gasteiger partial charge in [-0.1, -0.05) is 52.3 Å². The van der Waals surface area contributed by atoms with Crippen molar-refractivity contribution in [2.24, 2.45) is 0 Å². The zero-order chi connectivity index (χ0) is 32.0. The number of nitrogens with zero attached hydrogens (tertiary/aromatic N) is 1. The SMILES string of the molecule is Brc1ccc(N(c2ccc(-c3c4c(cc5c3CCCC5)CCCC4)cc2)c2ccc(-c3c4c(cc5c3CCCC5)CCCC4)cc2)cc1. The molecular formula is C46H46BrN. The Labute approximate surface area is 295 Å². The van der Waals surface area contributed by atoms with Gasteiger partial charge in [-0.2, -0.15) is 0 Å². The molecule has 0 aliphatic heterocycles. The summed E-state index contributed by atoms with van der Waals surface area (Å²) in [5.74, 6) is 0. The highest BCUT2D eigenvalue weighted by atomic mass is 79.9. The Balaban J connectivity index is 1.12. The Bertz CT molecular complexity index is 1770. The molecule has 0 bridgehead atoms. The van der Waals surface area contributed by atoms with Gasteiger partial charge in [0.2, 0.25) is 0 Å². The molecule has 4 aliphatic rings. The number of benzene rings is 5. The molecule has 0 N–H and O–H groups in total. The third-order valence-electron chi connectivity index (χ3n) is 11.9. The van der Waals surface area contributed by atoms with E-state index >= 15 is 0 Å². The molecule has 0 aromatic heterocycles. The summed E-state index contributed by atoms with van der Waals surface area (Å²) in [6.45, 7) is 0. The molecule has 0 saturated heterocycles. The highest BCUT2D eigenvalue weighted by Crippen LogP contribution is 2.44. The minimum absolute atomic E-state index is 1.11. The Morgan fingerprint density at radius 2 is 0.646 bits per heavy atom. The van der Waals surface area contributed by atoms with Gasteiger partial charge in [-0.25, -0.2) is 0 Å². The maximum atomic E-state index is 3.68. The van der Waals surface area contributed by atoms with Crippen LogP contribution in [0.1, 0.15) is 95.9 Å². The molecule has 4 aliphatic carbocycles. The van der Waals surface area contributed by atoms with Gasteiger partial charge in [0.05, 0.1) is 0 Å². The maximum Gasteiger partial charge on any atom is 0.0462 e. The average molecular weight is 693 g/mol. The zero-order valence-corrected chi connectivity index (χ0v) is 29.8. The van der Waals surface area contributed by atoms with E-state index in [2.05, 4.69) is 106 Å². The summed E-state index contributed by atoms with van der Waals surface area (Å²) in [6.07, 6.45) is 20.5. The third-order valence-corrected chi connectivity index (χ3v) is 12.4. The van der Waals surface area contributed by atoms with Crippen molar-refractivity contribution in [2.45, 2.75) is 103 Å². The van der Waals surface area contributed by atoms with Crippen molar-refractivity contribution in [1.29, 1.82) is 0 Å². The average Bonchev–Trinajstić information content (AvgIpc) is 3.14. The highest BCUT2D eigenvalue weighted by molar-refractivity contribution is 9.10. The van der Waals surface area contributed by atoms with Crippen LogP contribution in [0.4, 0.5) is 17.1 Å². The number of anilines is 3. The van der Waals surface area contributed by atoms with Gasteiger partial charge < -0.3 is 4.90 Å². The fourth-order valence-corrected chi connectivity index (χ4v) is 9.83. The standard InChI is InChI=1S/C46H46BrN/c47-37-21-27-40(28-22-37)48(38-23-17-31(18-24-38)45-41-13-5-1-9-33(41)29-34-10-2-6-14-42(34)45)39-25-19-32(20-26-39)46-43-15-7-3-11-35(43)30-36-12-4-8-16-44(36)46/h17-30H,1-16H2. The molecule has 242 valence electrons. The largest absolute Gasteiger partial charge is 0.311 e. The second-order valence-electron chi connectivity index (χ2n) is 14.8. The van der Waals surface area contributed by atoms with Crippen LogP contribution in [0.25, 0.3) is 22.3 Å². The summed E-state index contributed by atoms with van der Waals surface area (Å²) in [4.78, 5) is 2.44. The summed E-state index contributed by atoms with van der Waals surface area (Å²) in [7, 11) is 0. The summed E-state index contributed by atoms with van der Waals surface area (Å²) in [6, 6.07) is 33.1. The molecule has 0 atom stereocenters. The van der Waals surface area contributed by atoms with Crippen LogP contribution < -0.4 is 4.90 Å². The summed E-state index contributed by atoms with van der Waals surface area (Å²) in [5, 5.41) is 0. The molecule has 0 amide bonds. The van der Waals surface area contributed by atoms with Gasteiger partial charge in [0, 0.05) is 21.5 Å². The lowest BCUT2D eigenvalue weighted by atomic mass is 9.77. The normalized spacial score (nSPS) is 16.8. The Kier molecular flexibility index (Phi) is 8.25. The lowest BCUT2D eigenvalue weighted by Gasteiger charge is -2.29. The smallest absolute Gasteiger partial charge is 0.0462 e. The first-order valence-corrected chi connectivity index (χ1v) is 19.6. The van der Waals surface area contributed by atoms with Gasteiger partial charge in [-0.15, -0.1) is 0 Å². The third kappa shape index (κ3) is 5.55. The second-order valence-corrected chi connectivity index (χ2v) is 15.7. The minimum Gasteiger partial charge on any atom is -0.311 e. The predicted octanol–water partition coefficient (Wildman–Crippen LogP) is 12.8. The monoisotopic (exact) mass is 691 g/mol. The summed E-state index contributed by atoms with van der Waals surface area (Å²) in [5.41, 5.74) is 22.6. The number of hydrogen-bond acceptors (Lipinski definition) is 1. The van der Waals surface area contributed by atoms with Crippen molar-refractivity contribution in [3.05, 3.63) is 134 Å².